The van der Waals surface area contributed by atoms with Gasteiger partial charge >= 0.3 is 5.97 Å². The van der Waals surface area contributed by atoms with Crippen LogP contribution in [0.5, 0.6) is 0 Å². The van der Waals surface area contributed by atoms with Crippen molar-refractivity contribution in [1.82, 2.24) is 4.72 Å². The fourth-order valence-electron chi connectivity index (χ4n) is 1.61. The van der Waals surface area contributed by atoms with Gasteiger partial charge in [-0.15, -0.1) is 0 Å². The van der Waals surface area contributed by atoms with Crippen LogP contribution in [0.25, 0.3) is 0 Å². The molecule has 112 valence electrons. The second-order valence-electron chi connectivity index (χ2n) is 5.47. The Labute approximate surface area is 123 Å². The van der Waals surface area contributed by atoms with E-state index in [1.165, 1.54) is 0 Å². The SMILES string of the molecule is CCOC(=O)C[C@H](N[S@](=O)C(C)(C)C)c1ccccc1. The number of carbonyl (C=O) groups excluding carboxylic acids is 1. The standard InChI is InChI=1S/C15H23NO3S/c1-5-19-14(17)11-13(12-9-7-6-8-10-12)16-20(18)15(2,3)4/h6-10,13,16H,5,11H2,1-4H3/t13-,20+/m0/s1. The van der Waals surface area contributed by atoms with E-state index >= 15 is 0 Å². The first kappa shape index (κ1) is 16.9. The molecule has 0 bridgehead atoms. The molecule has 0 fully saturated rings. The zero-order chi connectivity index (χ0) is 15.2. The molecule has 0 unspecified atom stereocenters. The van der Waals surface area contributed by atoms with E-state index < -0.39 is 11.0 Å². The first-order valence-corrected chi connectivity index (χ1v) is 7.88. The smallest absolute Gasteiger partial charge is 0.307 e. The van der Waals surface area contributed by atoms with Crippen LogP contribution in [0.4, 0.5) is 0 Å². The van der Waals surface area contributed by atoms with E-state index in [0.29, 0.717) is 6.61 Å². The van der Waals surface area contributed by atoms with Crippen molar-refractivity contribution in [1.29, 1.82) is 0 Å². The lowest BCUT2D eigenvalue weighted by molar-refractivity contribution is -0.143. The van der Waals surface area contributed by atoms with Gasteiger partial charge < -0.3 is 4.74 Å². The van der Waals surface area contributed by atoms with Crippen molar-refractivity contribution in [3.8, 4) is 0 Å². The molecule has 1 aromatic carbocycles. The predicted molar refractivity (Wildman–Crippen MR) is 81.5 cm³/mol. The van der Waals surface area contributed by atoms with Gasteiger partial charge in [-0.2, -0.15) is 0 Å². The fraction of sp³-hybridized carbons (Fsp3) is 0.533. The Hall–Kier alpha value is -1.20. The molecule has 4 nitrogen and oxygen atoms in total. The van der Waals surface area contributed by atoms with Gasteiger partial charge in [0.2, 0.25) is 0 Å². The molecule has 0 heterocycles. The van der Waals surface area contributed by atoms with Crippen LogP contribution in [0.2, 0.25) is 0 Å². The number of carbonyl (C=O) groups is 1. The van der Waals surface area contributed by atoms with E-state index in [9.17, 15) is 9.00 Å². The van der Waals surface area contributed by atoms with Crippen molar-refractivity contribution < 1.29 is 13.7 Å². The Kier molecular flexibility index (Phi) is 6.36. The largest absolute Gasteiger partial charge is 0.466 e. The highest BCUT2D eigenvalue weighted by Crippen LogP contribution is 2.20. The van der Waals surface area contributed by atoms with Gasteiger partial charge in [-0.05, 0) is 33.3 Å². The van der Waals surface area contributed by atoms with E-state index in [-0.39, 0.29) is 23.2 Å². The van der Waals surface area contributed by atoms with Crippen molar-refractivity contribution in [2.75, 3.05) is 6.61 Å². The molecule has 5 heteroatoms. The van der Waals surface area contributed by atoms with Gasteiger partial charge in [0.25, 0.3) is 0 Å². The Morgan fingerprint density at radius 3 is 2.40 bits per heavy atom. The van der Waals surface area contributed by atoms with Gasteiger partial charge in [-0.25, -0.2) is 8.93 Å². The minimum Gasteiger partial charge on any atom is -0.466 e. The van der Waals surface area contributed by atoms with Crippen LogP contribution in [-0.2, 0) is 20.5 Å². The Morgan fingerprint density at radius 1 is 1.30 bits per heavy atom. The highest BCUT2D eigenvalue weighted by Gasteiger charge is 2.25. The van der Waals surface area contributed by atoms with Gasteiger partial charge in [0.05, 0.1) is 34.8 Å². The van der Waals surface area contributed by atoms with E-state index in [1.807, 2.05) is 51.1 Å². The maximum absolute atomic E-state index is 12.2. The van der Waals surface area contributed by atoms with Crippen LogP contribution in [0.3, 0.4) is 0 Å². The second-order valence-corrected chi connectivity index (χ2v) is 7.47. The van der Waals surface area contributed by atoms with Crippen LogP contribution < -0.4 is 4.72 Å². The normalized spacial score (nSPS) is 14.6. The van der Waals surface area contributed by atoms with Crippen LogP contribution >= 0.6 is 0 Å². The third kappa shape index (κ3) is 5.43. The van der Waals surface area contributed by atoms with Gasteiger partial charge in [-0.3, -0.25) is 4.79 Å². The monoisotopic (exact) mass is 297 g/mol. The summed E-state index contributed by atoms with van der Waals surface area (Å²) in [5.41, 5.74) is 0.929. The molecule has 0 saturated carbocycles. The van der Waals surface area contributed by atoms with E-state index in [2.05, 4.69) is 4.72 Å². The highest BCUT2D eigenvalue weighted by atomic mass is 32.2. The molecule has 0 radical (unpaired) electrons. The summed E-state index contributed by atoms with van der Waals surface area (Å²) < 4.78 is 19.9. The lowest BCUT2D eigenvalue weighted by atomic mass is 10.1. The highest BCUT2D eigenvalue weighted by molar-refractivity contribution is 7.84. The molecule has 0 aliphatic carbocycles. The third-order valence-corrected chi connectivity index (χ3v) is 4.29. The van der Waals surface area contributed by atoms with Crippen LogP contribution in [0, 0.1) is 0 Å². The van der Waals surface area contributed by atoms with E-state index in [1.54, 1.807) is 6.92 Å². The van der Waals surface area contributed by atoms with Crippen LogP contribution in [0.1, 0.15) is 45.7 Å². The molecule has 0 spiro atoms. The second kappa shape index (κ2) is 7.55. The molecule has 0 aromatic heterocycles. The summed E-state index contributed by atoms with van der Waals surface area (Å²) in [6.45, 7) is 7.80. The predicted octanol–water partition coefficient (Wildman–Crippen LogP) is 2.73. The molecule has 1 aromatic rings. The zero-order valence-corrected chi connectivity index (χ0v) is 13.3. The quantitative estimate of drug-likeness (QED) is 0.821. The van der Waals surface area contributed by atoms with Crippen molar-refractivity contribution in [2.24, 2.45) is 0 Å². The summed E-state index contributed by atoms with van der Waals surface area (Å²) in [6.07, 6.45) is 0.166. The molecule has 0 aliphatic heterocycles. The average molecular weight is 297 g/mol. The summed E-state index contributed by atoms with van der Waals surface area (Å²) in [5, 5.41) is 0. The summed E-state index contributed by atoms with van der Waals surface area (Å²) in [4.78, 5) is 11.7. The van der Waals surface area contributed by atoms with Crippen LogP contribution in [0.15, 0.2) is 30.3 Å². The molecular formula is C15H23NO3S. The molecular weight excluding hydrogens is 274 g/mol. The number of benzene rings is 1. The molecule has 0 amide bonds. The van der Waals surface area contributed by atoms with Crippen molar-refractivity contribution in [2.45, 2.75) is 44.9 Å². The fourth-order valence-corrected chi connectivity index (χ4v) is 2.44. The number of hydrogen-bond donors (Lipinski definition) is 1. The summed E-state index contributed by atoms with van der Waals surface area (Å²) in [7, 11) is -1.25. The average Bonchev–Trinajstić information content (AvgIpc) is 2.38. The number of ether oxygens (including phenoxy) is 1. The van der Waals surface area contributed by atoms with Crippen molar-refractivity contribution in [3.05, 3.63) is 35.9 Å². The number of hydrogen-bond acceptors (Lipinski definition) is 3. The van der Waals surface area contributed by atoms with E-state index in [4.69, 9.17) is 4.74 Å². The Bertz CT molecular complexity index is 454. The molecule has 0 aliphatic rings. The minimum absolute atomic E-state index is 0.166. The maximum Gasteiger partial charge on any atom is 0.307 e. The lowest BCUT2D eigenvalue weighted by Gasteiger charge is -2.24. The first-order valence-electron chi connectivity index (χ1n) is 6.73. The Balaban J connectivity index is 2.85. The number of rotatable bonds is 6. The maximum atomic E-state index is 12.2. The van der Waals surface area contributed by atoms with Crippen LogP contribution in [-0.4, -0.2) is 21.5 Å². The molecule has 1 N–H and O–H groups in total. The minimum atomic E-state index is -1.25. The topological polar surface area (TPSA) is 55.4 Å². The molecule has 0 saturated heterocycles. The van der Waals surface area contributed by atoms with Crippen molar-refractivity contribution in [3.63, 3.8) is 0 Å². The van der Waals surface area contributed by atoms with Gasteiger partial charge in [0.15, 0.2) is 0 Å². The first-order chi connectivity index (χ1) is 9.34. The zero-order valence-electron chi connectivity index (χ0n) is 12.5. The lowest BCUT2D eigenvalue weighted by Crippen LogP contribution is -2.36. The van der Waals surface area contributed by atoms with Gasteiger partial charge in [-0.1, -0.05) is 30.3 Å². The summed E-state index contributed by atoms with van der Waals surface area (Å²) >= 11 is 0. The third-order valence-electron chi connectivity index (χ3n) is 2.68. The van der Waals surface area contributed by atoms with Gasteiger partial charge in [0, 0.05) is 0 Å². The Morgan fingerprint density at radius 2 is 1.90 bits per heavy atom. The van der Waals surface area contributed by atoms with Gasteiger partial charge in [0.1, 0.15) is 0 Å². The number of esters is 1. The van der Waals surface area contributed by atoms with Crippen molar-refractivity contribution >= 4 is 17.0 Å². The summed E-state index contributed by atoms with van der Waals surface area (Å²) in [6, 6.07) is 9.22. The molecule has 2 atom stereocenters. The molecule has 20 heavy (non-hydrogen) atoms. The van der Waals surface area contributed by atoms with E-state index in [0.717, 1.165) is 5.56 Å². The number of nitrogens with one attached hydrogen (secondary N) is 1. The summed E-state index contributed by atoms with van der Waals surface area (Å²) in [5.74, 6) is -0.292. The molecule has 1 rings (SSSR count).